The average Bonchev–Trinajstić information content (AvgIpc) is 3.18. The third kappa shape index (κ3) is 2.75. The molecular formula is C15H20N4O3. The van der Waals surface area contributed by atoms with Gasteiger partial charge in [0, 0.05) is 18.5 Å². The maximum atomic E-state index is 12.5. The summed E-state index contributed by atoms with van der Waals surface area (Å²) in [5, 5.41) is 7.74. The number of amides is 1. The van der Waals surface area contributed by atoms with E-state index in [1.165, 1.54) is 0 Å². The first-order valence-electron chi connectivity index (χ1n) is 7.57. The lowest BCUT2D eigenvalue weighted by atomic mass is 10.1. The topological polar surface area (TPSA) is 85.3 Å². The van der Waals surface area contributed by atoms with E-state index in [0.29, 0.717) is 24.6 Å². The standard InChI is InChI=1S/C15H20N4O3/c1-9-12(10(2)21-17-9)6-7-14(20)19-8-4-5-13(19)15-16-11(3)18-22-15/h13H,4-8H2,1-3H3/t13-/m1/s1. The van der Waals surface area contributed by atoms with E-state index in [9.17, 15) is 4.79 Å². The molecule has 0 N–H and O–H groups in total. The second kappa shape index (κ2) is 5.90. The van der Waals surface area contributed by atoms with E-state index in [1.807, 2.05) is 18.7 Å². The first-order chi connectivity index (χ1) is 10.6. The van der Waals surface area contributed by atoms with Gasteiger partial charge in [-0.05, 0) is 40.0 Å². The van der Waals surface area contributed by atoms with E-state index < -0.39 is 0 Å². The molecule has 1 saturated heterocycles. The molecule has 1 aliphatic heterocycles. The van der Waals surface area contributed by atoms with Crippen molar-refractivity contribution in [2.75, 3.05) is 6.54 Å². The molecule has 1 aliphatic rings. The molecule has 1 atom stereocenters. The van der Waals surface area contributed by atoms with Crippen LogP contribution in [0.2, 0.25) is 0 Å². The molecule has 7 heteroatoms. The molecule has 22 heavy (non-hydrogen) atoms. The molecule has 0 aromatic carbocycles. The maximum absolute atomic E-state index is 12.5. The fourth-order valence-electron chi connectivity index (χ4n) is 3.00. The van der Waals surface area contributed by atoms with Crippen LogP contribution in [0.1, 0.15) is 54.0 Å². The molecule has 0 saturated carbocycles. The highest BCUT2D eigenvalue weighted by Crippen LogP contribution is 2.31. The van der Waals surface area contributed by atoms with Crippen LogP contribution in [-0.2, 0) is 11.2 Å². The minimum atomic E-state index is -0.0848. The zero-order valence-electron chi connectivity index (χ0n) is 13.1. The first kappa shape index (κ1) is 14.7. The molecule has 1 fully saturated rings. The number of hydrogen-bond donors (Lipinski definition) is 0. The molecule has 0 aliphatic carbocycles. The van der Waals surface area contributed by atoms with Crippen LogP contribution in [0.15, 0.2) is 9.05 Å². The van der Waals surface area contributed by atoms with Crippen molar-refractivity contribution in [2.45, 2.75) is 52.5 Å². The van der Waals surface area contributed by atoms with E-state index in [0.717, 1.165) is 36.4 Å². The van der Waals surface area contributed by atoms with Gasteiger partial charge in [-0.1, -0.05) is 10.3 Å². The highest BCUT2D eigenvalue weighted by atomic mass is 16.5. The van der Waals surface area contributed by atoms with Crippen molar-refractivity contribution in [3.8, 4) is 0 Å². The van der Waals surface area contributed by atoms with E-state index in [-0.39, 0.29) is 11.9 Å². The molecular weight excluding hydrogens is 284 g/mol. The fourth-order valence-corrected chi connectivity index (χ4v) is 3.00. The summed E-state index contributed by atoms with van der Waals surface area (Å²) in [6.45, 7) is 6.30. The normalized spacial score (nSPS) is 18.1. The Morgan fingerprint density at radius 2 is 2.09 bits per heavy atom. The predicted molar refractivity (Wildman–Crippen MR) is 77.0 cm³/mol. The summed E-state index contributed by atoms with van der Waals surface area (Å²) in [6, 6.07) is -0.0848. The third-order valence-corrected chi connectivity index (χ3v) is 4.17. The Kier molecular flexibility index (Phi) is 3.96. The number of nitrogens with zero attached hydrogens (tertiary/aromatic N) is 4. The molecule has 2 aromatic heterocycles. The Morgan fingerprint density at radius 1 is 1.27 bits per heavy atom. The summed E-state index contributed by atoms with van der Waals surface area (Å²) in [4.78, 5) is 18.7. The zero-order valence-corrected chi connectivity index (χ0v) is 13.1. The Balaban J connectivity index is 1.66. The van der Waals surface area contributed by atoms with Gasteiger partial charge in [0.15, 0.2) is 5.82 Å². The molecule has 3 rings (SSSR count). The molecule has 0 unspecified atom stereocenters. The van der Waals surface area contributed by atoms with Crippen molar-refractivity contribution < 1.29 is 13.8 Å². The van der Waals surface area contributed by atoms with Gasteiger partial charge in [0.25, 0.3) is 0 Å². The summed E-state index contributed by atoms with van der Waals surface area (Å²) in [5.74, 6) is 2.04. The molecule has 7 nitrogen and oxygen atoms in total. The molecule has 2 aromatic rings. The minimum Gasteiger partial charge on any atom is -0.361 e. The van der Waals surface area contributed by atoms with Gasteiger partial charge in [-0.25, -0.2) is 0 Å². The highest BCUT2D eigenvalue weighted by molar-refractivity contribution is 5.77. The summed E-state index contributed by atoms with van der Waals surface area (Å²) in [6.07, 6.45) is 2.92. The average molecular weight is 304 g/mol. The second-order valence-electron chi connectivity index (χ2n) is 5.73. The minimum absolute atomic E-state index is 0.0848. The lowest BCUT2D eigenvalue weighted by molar-refractivity contribution is -0.132. The Bertz CT molecular complexity index is 657. The summed E-state index contributed by atoms with van der Waals surface area (Å²) < 4.78 is 10.4. The van der Waals surface area contributed by atoms with Crippen molar-refractivity contribution >= 4 is 5.91 Å². The first-order valence-corrected chi connectivity index (χ1v) is 7.57. The number of carbonyl (C=O) groups excluding carboxylic acids is 1. The maximum Gasteiger partial charge on any atom is 0.249 e. The number of aromatic nitrogens is 3. The Labute approximate surface area is 128 Å². The van der Waals surface area contributed by atoms with Gasteiger partial charge in [-0.3, -0.25) is 4.79 Å². The molecule has 118 valence electrons. The molecule has 0 bridgehead atoms. The number of aryl methyl sites for hydroxylation is 3. The molecule has 0 spiro atoms. The fraction of sp³-hybridized carbons (Fsp3) is 0.600. The van der Waals surface area contributed by atoms with Crippen LogP contribution in [0.4, 0.5) is 0 Å². The van der Waals surface area contributed by atoms with Crippen LogP contribution in [0.25, 0.3) is 0 Å². The van der Waals surface area contributed by atoms with Crippen LogP contribution in [0.5, 0.6) is 0 Å². The monoisotopic (exact) mass is 304 g/mol. The Hall–Kier alpha value is -2.18. The lowest BCUT2D eigenvalue weighted by Crippen LogP contribution is -2.31. The molecule has 0 radical (unpaired) electrons. The van der Waals surface area contributed by atoms with Gasteiger partial charge in [-0.2, -0.15) is 4.98 Å². The zero-order chi connectivity index (χ0) is 15.7. The summed E-state index contributed by atoms with van der Waals surface area (Å²) in [7, 11) is 0. The number of hydrogen-bond acceptors (Lipinski definition) is 6. The van der Waals surface area contributed by atoms with Crippen molar-refractivity contribution in [3.63, 3.8) is 0 Å². The highest BCUT2D eigenvalue weighted by Gasteiger charge is 2.33. The third-order valence-electron chi connectivity index (χ3n) is 4.17. The van der Waals surface area contributed by atoms with Crippen LogP contribution in [-0.4, -0.2) is 32.6 Å². The van der Waals surface area contributed by atoms with Gasteiger partial charge in [0.2, 0.25) is 11.8 Å². The predicted octanol–water partition coefficient (Wildman–Crippen LogP) is 2.28. The van der Waals surface area contributed by atoms with Crippen LogP contribution in [0, 0.1) is 20.8 Å². The number of carbonyl (C=O) groups is 1. The van der Waals surface area contributed by atoms with Gasteiger partial charge in [0.1, 0.15) is 11.8 Å². The van der Waals surface area contributed by atoms with E-state index in [1.54, 1.807) is 6.92 Å². The van der Waals surface area contributed by atoms with Gasteiger partial charge in [-0.15, -0.1) is 0 Å². The van der Waals surface area contributed by atoms with Gasteiger partial charge in [0.05, 0.1) is 5.69 Å². The SMILES string of the molecule is Cc1noc([C@H]2CCCN2C(=O)CCc2c(C)noc2C)n1. The van der Waals surface area contributed by atoms with Crippen LogP contribution in [0.3, 0.4) is 0 Å². The van der Waals surface area contributed by atoms with E-state index in [4.69, 9.17) is 9.05 Å². The Morgan fingerprint density at radius 3 is 2.73 bits per heavy atom. The van der Waals surface area contributed by atoms with E-state index in [2.05, 4.69) is 15.3 Å². The van der Waals surface area contributed by atoms with Crippen molar-refractivity contribution in [2.24, 2.45) is 0 Å². The van der Waals surface area contributed by atoms with Gasteiger partial charge >= 0.3 is 0 Å². The number of likely N-dealkylation sites (tertiary alicyclic amines) is 1. The number of rotatable bonds is 4. The van der Waals surface area contributed by atoms with Crippen molar-refractivity contribution in [1.29, 1.82) is 0 Å². The smallest absolute Gasteiger partial charge is 0.249 e. The van der Waals surface area contributed by atoms with Gasteiger partial charge < -0.3 is 13.9 Å². The second-order valence-corrected chi connectivity index (χ2v) is 5.73. The quantitative estimate of drug-likeness (QED) is 0.861. The van der Waals surface area contributed by atoms with Crippen molar-refractivity contribution in [3.05, 3.63) is 28.7 Å². The lowest BCUT2D eigenvalue weighted by Gasteiger charge is -2.21. The van der Waals surface area contributed by atoms with E-state index >= 15 is 0 Å². The largest absolute Gasteiger partial charge is 0.361 e. The molecule has 1 amide bonds. The van der Waals surface area contributed by atoms with Crippen molar-refractivity contribution in [1.82, 2.24) is 20.2 Å². The van der Waals surface area contributed by atoms with Crippen LogP contribution >= 0.6 is 0 Å². The summed E-state index contributed by atoms with van der Waals surface area (Å²) in [5.41, 5.74) is 1.88. The van der Waals surface area contributed by atoms with Crippen LogP contribution < -0.4 is 0 Å². The summed E-state index contributed by atoms with van der Waals surface area (Å²) >= 11 is 0. The molecule has 3 heterocycles.